The van der Waals surface area contributed by atoms with Crippen LogP contribution in [0.3, 0.4) is 0 Å². The number of nitrogens with one attached hydrogen (secondary N) is 2. The molecule has 0 bridgehead atoms. The maximum atomic E-state index is 13.5. The summed E-state index contributed by atoms with van der Waals surface area (Å²) in [7, 11) is 3.25. The number of rotatable bonds is 8. The van der Waals surface area contributed by atoms with Crippen molar-refractivity contribution in [3.05, 3.63) is 48.0 Å². The summed E-state index contributed by atoms with van der Waals surface area (Å²) in [4.78, 5) is 42.3. The molecule has 2 aliphatic rings. The molecule has 1 saturated carbocycles. The standard InChI is InChI=1S/C28H36N4O6/c1-17-14-32(18(2)16-33)27(35)22-6-5-7-23(30-26(34)19-8-9-19)25(22)38-24(17)15-31(3)28(36)29-20-10-12-21(37-4)13-11-20/h5-7,10-13,17-19,24,33H,8-9,14-16H2,1-4H3,(H,29,36)(H,30,34)/t17-,18+,24+/m0/s1. The van der Waals surface area contributed by atoms with Crippen molar-refractivity contribution in [1.82, 2.24) is 9.80 Å². The zero-order valence-electron chi connectivity index (χ0n) is 22.3. The van der Waals surface area contributed by atoms with Crippen LogP contribution in [-0.2, 0) is 4.79 Å². The molecule has 2 aromatic carbocycles. The third-order valence-electron chi connectivity index (χ3n) is 7.04. The lowest BCUT2D eigenvalue weighted by Gasteiger charge is -2.38. The number of methoxy groups -OCH3 is 1. The third kappa shape index (κ3) is 6.19. The van der Waals surface area contributed by atoms with E-state index in [1.165, 1.54) is 4.90 Å². The first-order chi connectivity index (χ1) is 18.2. The van der Waals surface area contributed by atoms with Crippen molar-refractivity contribution in [3.8, 4) is 11.5 Å². The summed E-state index contributed by atoms with van der Waals surface area (Å²) in [6.45, 7) is 4.09. The number of benzene rings is 2. The van der Waals surface area contributed by atoms with Gasteiger partial charge in [-0.05, 0) is 56.2 Å². The number of hydrogen-bond acceptors (Lipinski definition) is 6. The Hall–Kier alpha value is -3.79. The van der Waals surface area contributed by atoms with E-state index in [1.54, 1.807) is 68.4 Å². The van der Waals surface area contributed by atoms with E-state index in [9.17, 15) is 19.5 Å². The largest absolute Gasteiger partial charge is 0.497 e. The maximum absolute atomic E-state index is 13.5. The number of nitrogens with zero attached hydrogens (tertiary/aromatic N) is 2. The van der Waals surface area contributed by atoms with Gasteiger partial charge in [0.25, 0.3) is 5.91 Å². The lowest BCUT2D eigenvalue weighted by molar-refractivity contribution is -0.117. The molecule has 0 spiro atoms. The minimum Gasteiger partial charge on any atom is -0.497 e. The highest BCUT2D eigenvalue weighted by atomic mass is 16.5. The van der Waals surface area contributed by atoms with E-state index in [4.69, 9.17) is 9.47 Å². The minimum absolute atomic E-state index is 0.0245. The fourth-order valence-corrected chi connectivity index (χ4v) is 4.39. The molecule has 1 aliphatic carbocycles. The zero-order chi connectivity index (χ0) is 27.4. The van der Waals surface area contributed by atoms with Gasteiger partial charge in [0, 0.05) is 31.1 Å². The van der Waals surface area contributed by atoms with Crippen LogP contribution in [0.15, 0.2) is 42.5 Å². The number of hydrogen-bond donors (Lipinski definition) is 3. The first-order valence-electron chi connectivity index (χ1n) is 12.9. The van der Waals surface area contributed by atoms with Crippen LogP contribution in [0.2, 0.25) is 0 Å². The zero-order valence-corrected chi connectivity index (χ0v) is 22.3. The molecule has 10 nitrogen and oxygen atoms in total. The summed E-state index contributed by atoms with van der Waals surface area (Å²) in [6, 6.07) is 11.4. The first kappa shape index (κ1) is 27.3. The summed E-state index contributed by atoms with van der Waals surface area (Å²) >= 11 is 0. The smallest absolute Gasteiger partial charge is 0.321 e. The van der Waals surface area contributed by atoms with Crippen molar-refractivity contribution in [3.63, 3.8) is 0 Å². The van der Waals surface area contributed by atoms with Gasteiger partial charge in [0.1, 0.15) is 11.9 Å². The summed E-state index contributed by atoms with van der Waals surface area (Å²) in [6.07, 6.45) is 1.19. The lowest BCUT2D eigenvalue weighted by atomic mass is 9.99. The highest BCUT2D eigenvalue weighted by Gasteiger charge is 2.36. The molecule has 0 saturated heterocycles. The second-order valence-electron chi connectivity index (χ2n) is 10.1. The Morgan fingerprint density at radius 1 is 1.18 bits per heavy atom. The molecular formula is C28H36N4O6. The molecule has 3 atom stereocenters. The number of urea groups is 1. The van der Waals surface area contributed by atoms with Crippen molar-refractivity contribution < 1.29 is 29.0 Å². The molecular weight excluding hydrogens is 488 g/mol. The van der Waals surface area contributed by atoms with Gasteiger partial charge < -0.3 is 35.0 Å². The fraction of sp³-hybridized carbons (Fsp3) is 0.464. The minimum atomic E-state index is -0.499. The highest BCUT2D eigenvalue weighted by molar-refractivity contribution is 6.02. The van der Waals surface area contributed by atoms with Gasteiger partial charge in [0.2, 0.25) is 5.91 Å². The van der Waals surface area contributed by atoms with Gasteiger partial charge in [-0.25, -0.2) is 4.79 Å². The van der Waals surface area contributed by atoms with Crippen LogP contribution >= 0.6 is 0 Å². The molecule has 3 N–H and O–H groups in total. The molecule has 4 rings (SSSR count). The second kappa shape index (κ2) is 11.7. The SMILES string of the molecule is COc1ccc(NC(=O)N(C)C[C@H]2Oc3c(NC(=O)C4CC4)cccc3C(=O)N([C@H](C)CO)C[C@@H]2C)cc1. The molecule has 10 heteroatoms. The fourth-order valence-electron chi connectivity index (χ4n) is 4.39. The van der Waals surface area contributed by atoms with E-state index in [0.717, 1.165) is 12.8 Å². The number of ether oxygens (including phenoxy) is 2. The van der Waals surface area contributed by atoms with E-state index in [2.05, 4.69) is 10.6 Å². The molecule has 0 radical (unpaired) electrons. The van der Waals surface area contributed by atoms with Crippen LogP contribution in [0.5, 0.6) is 11.5 Å². The molecule has 1 heterocycles. The predicted octanol–water partition coefficient (Wildman–Crippen LogP) is 3.43. The van der Waals surface area contributed by atoms with Crippen LogP contribution in [-0.4, -0.2) is 78.8 Å². The van der Waals surface area contributed by atoms with E-state index < -0.39 is 12.1 Å². The van der Waals surface area contributed by atoms with Crippen molar-refractivity contribution in [2.24, 2.45) is 11.8 Å². The summed E-state index contributed by atoms with van der Waals surface area (Å²) < 4.78 is 11.6. The first-order valence-corrected chi connectivity index (χ1v) is 12.9. The summed E-state index contributed by atoms with van der Waals surface area (Å²) in [5.41, 5.74) is 1.35. The topological polar surface area (TPSA) is 120 Å². The number of para-hydroxylation sites is 1. The van der Waals surface area contributed by atoms with Gasteiger partial charge in [-0.15, -0.1) is 0 Å². The van der Waals surface area contributed by atoms with E-state index in [0.29, 0.717) is 29.2 Å². The molecule has 2 aromatic rings. The number of anilines is 2. The predicted molar refractivity (Wildman–Crippen MR) is 144 cm³/mol. The Labute approximate surface area is 222 Å². The molecule has 1 aliphatic heterocycles. The average Bonchev–Trinajstić information content (AvgIpc) is 3.76. The van der Waals surface area contributed by atoms with Crippen molar-refractivity contribution >= 4 is 29.2 Å². The number of carbonyl (C=O) groups is 3. The number of aliphatic hydroxyl groups excluding tert-OH is 1. The van der Waals surface area contributed by atoms with Gasteiger partial charge in [0.15, 0.2) is 5.75 Å². The average molecular weight is 525 g/mol. The number of amides is 4. The third-order valence-corrected chi connectivity index (χ3v) is 7.04. The monoisotopic (exact) mass is 524 g/mol. The van der Waals surface area contributed by atoms with Gasteiger partial charge in [-0.2, -0.15) is 0 Å². The van der Waals surface area contributed by atoms with Crippen molar-refractivity contribution in [2.75, 3.05) is 44.5 Å². The van der Waals surface area contributed by atoms with Crippen LogP contribution in [0, 0.1) is 11.8 Å². The number of likely N-dealkylation sites (N-methyl/N-ethyl adjacent to an activating group) is 1. The Morgan fingerprint density at radius 3 is 2.53 bits per heavy atom. The normalized spacial score (nSPS) is 19.8. The number of aliphatic hydroxyl groups is 1. The van der Waals surface area contributed by atoms with E-state index >= 15 is 0 Å². The summed E-state index contributed by atoms with van der Waals surface area (Å²) in [5, 5.41) is 15.6. The molecule has 204 valence electrons. The van der Waals surface area contributed by atoms with Gasteiger partial charge in [0.05, 0.1) is 37.6 Å². The molecule has 4 amide bonds. The highest BCUT2D eigenvalue weighted by Crippen LogP contribution is 2.37. The second-order valence-corrected chi connectivity index (χ2v) is 10.1. The summed E-state index contributed by atoms with van der Waals surface area (Å²) in [5.74, 6) is 0.375. The van der Waals surface area contributed by atoms with Gasteiger partial charge in [-0.3, -0.25) is 9.59 Å². The maximum Gasteiger partial charge on any atom is 0.321 e. The van der Waals surface area contributed by atoms with Crippen LogP contribution in [0.4, 0.5) is 16.2 Å². The Balaban J connectivity index is 1.59. The molecule has 1 fully saturated rings. The van der Waals surface area contributed by atoms with Crippen molar-refractivity contribution in [2.45, 2.75) is 38.8 Å². The van der Waals surface area contributed by atoms with E-state index in [-0.39, 0.29) is 48.6 Å². The van der Waals surface area contributed by atoms with Crippen LogP contribution in [0.25, 0.3) is 0 Å². The Morgan fingerprint density at radius 2 is 1.89 bits per heavy atom. The number of fused-ring (bicyclic) bond motifs is 1. The number of carbonyl (C=O) groups excluding carboxylic acids is 3. The van der Waals surface area contributed by atoms with Gasteiger partial charge >= 0.3 is 6.03 Å². The van der Waals surface area contributed by atoms with Crippen LogP contribution in [0.1, 0.15) is 37.0 Å². The quantitative estimate of drug-likeness (QED) is 0.487. The van der Waals surface area contributed by atoms with Crippen molar-refractivity contribution in [1.29, 1.82) is 0 Å². The lowest BCUT2D eigenvalue weighted by Crippen LogP contribution is -2.50. The van der Waals surface area contributed by atoms with Gasteiger partial charge in [-0.1, -0.05) is 13.0 Å². The van der Waals surface area contributed by atoms with E-state index in [1.807, 2.05) is 6.92 Å². The van der Waals surface area contributed by atoms with Crippen LogP contribution < -0.4 is 20.1 Å². The molecule has 0 aromatic heterocycles. The molecule has 38 heavy (non-hydrogen) atoms. The molecule has 0 unspecified atom stereocenters. The Bertz CT molecular complexity index is 1170. The Kier molecular flexibility index (Phi) is 8.41.